The van der Waals surface area contributed by atoms with Crippen molar-refractivity contribution >= 4 is 59.5 Å². The second-order valence-corrected chi connectivity index (χ2v) is 17.5. The number of hydrogen-bond donors (Lipinski definition) is 4. The molecule has 4 rings (SSSR count). The number of nitrogens with zero attached hydrogens (tertiary/aromatic N) is 2. The van der Waals surface area contributed by atoms with Crippen LogP contribution in [-0.4, -0.2) is 85.1 Å². The highest BCUT2D eigenvalue weighted by Gasteiger charge is 2.47. The van der Waals surface area contributed by atoms with Gasteiger partial charge < -0.3 is 4.90 Å². The van der Waals surface area contributed by atoms with Crippen molar-refractivity contribution in [1.29, 1.82) is 0 Å². The summed E-state index contributed by atoms with van der Waals surface area (Å²) in [5.41, 5.74) is 2.40. The van der Waals surface area contributed by atoms with Crippen LogP contribution in [0.2, 0.25) is 0 Å². The van der Waals surface area contributed by atoms with Crippen molar-refractivity contribution in [3.8, 4) is 0 Å². The summed E-state index contributed by atoms with van der Waals surface area (Å²) in [5.74, 6) is -1.05. The molecule has 14 nitrogen and oxygen atoms in total. The van der Waals surface area contributed by atoms with E-state index in [4.69, 9.17) is 5.26 Å². The lowest BCUT2D eigenvalue weighted by Gasteiger charge is -2.34. The highest BCUT2D eigenvalue weighted by Crippen LogP contribution is 2.48. The average Bonchev–Trinajstić information content (AvgIpc) is 3.26. The molecular weight excluding hydrogens is 673 g/mol. The van der Waals surface area contributed by atoms with Gasteiger partial charge in [0.05, 0.1) is 28.1 Å². The molecule has 2 aromatic rings. The third-order valence-corrected chi connectivity index (χ3v) is 11.5. The normalized spacial score (nSPS) is 19.2. The Hall–Kier alpha value is -2.13. The molecule has 1 unspecified atom stereocenters. The van der Waals surface area contributed by atoms with Crippen LogP contribution in [0.4, 0.5) is 11.4 Å². The minimum Gasteiger partial charge on any atom is -0.366 e. The van der Waals surface area contributed by atoms with Crippen molar-refractivity contribution in [1.82, 2.24) is 0 Å². The maximum atomic E-state index is 11.9. The molecule has 0 aliphatic carbocycles. The monoisotopic (exact) mass is 709 g/mol. The van der Waals surface area contributed by atoms with Gasteiger partial charge in [0, 0.05) is 46.6 Å². The second-order valence-electron chi connectivity index (χ2n) is 12.2. The van der Waals surface area contributed by atoms with Gasteiger partial charge in [-0.25, -0.2) is 5.26 Å². The fourth-order valence-electron chi connectivity index (χ4n) is 6.55. The lowest BCUT2D eigenvalue weighted by molar-refractivity contribution is -0.434. The van der Waals surface area contributed by atoms with Crippen LogP contribution in [-0.2, 0) is 50.6 Å². The van der Waals surface area contributed by atoms with Crippen LogP contribution in [0.5, 0.6) is 0 Å². The molecule has 2 aromatic carbocycles. The van der Waals surface area contributed by atoms with Gasteiger partial charge in [0.2, 0.25) is 5.69 Å². The third kappa shape index (κ3) is 7.89. The van der Waals surface area contributed by atoms with E-state index in [-0.39, 0.29) is 24.0 Å². The molecule has 0 fully saturated rings. The molecule has 0 radical (unpaired) electrons. The second kappa shape index (κ2) is 12.8. The summed E-state index contributed by atoms with van der Waals surface area (Å²) in [7, 11) is -13.1. The molecule has 18 heteroatoms. The summed E-state index contributed by atoms with van der Waals surface area (Å²) < 4.78 is 106. The first kappa shape index (κ1) is 35.7. The molecule has 0 amide bonds. The zero-order chi connectivity index (χ0) is 33.6. The highest BCUT2D eigenvalue weighted by molar-refractivity contribution is 7.94. The van der Waals surface area contributed by atoms with Gasteiger partial charge in [-0.05, 0) is 62.6 Å². The molecule has 250 valence electrons. The number of anilines is 1. The summed E-state index contributed by atoms with van der Waals surface area (Å²) in [4.78, 5) is 2.17. The summed E-state index contributed by atoms with van der Waals surface area (Å²) in [6, 6.07) is 9.17. The molecule has 0 aromatic heterocycles. The zero-order valence-electron chi connectivity index (χ0n) is 25.1. The maximum absolute atomic E-state index is 11.9. The van der Waals surface area contributed by atoms with E-state index in [1.807, 2.05) is 43.2 Å². The first-order valence-corrected chi connectivity index (χ1v) is 19.3. The summed E-state index contributed by atoms with van der Waals surface area (Å²) in [5, 5.41) is 12.3. The Labute approximate surface area is 267 Å². The average molecular weight is 710 g/mol. The summed E-state index contributed by atoms with van der Waals surface area (Å²) in [6.45, 7) is 7.70. The van der Waals surface area contributed by atoms with Crippen molar-refractivity contribution in [3.63, 3.8) is 0 Å². The van der Waals surface area contributed by atoms with Crippen LogP contribution in [0.3, 0.4) is 0 Å². The van der Waals surface area contributed by atoms with Gasteiger partial charge >= 0.3 is 0 Å². The molecule has 2 heterocycles. The summed E-state index contributed by atoms with van der Waals surface area (Å²) >= 11 is 0.789. The lowest BCUT2D eigenvalue weighted by atomic mass is 9.77. The Bertz CT molecular complexity index is 1820. The van der Waals surface area contributed by atoms with Gasteiger partial charge in [0.15, 0.2) is 12.3 Å². The first-order chi connectivity index (χ1) is 20.7. The van der Waals surface area contributed by atoms with E-state index >= 15 is 0 Å². The van der Waals surface area contributed by atoms with Gasteiger partial charge in [-0.2, -0.15) is 29.8 Å². The Morgan fingerprint density at radius 1 is 0.911 bits per heavy atom. The fraction of sp³-hybridized carbons (Fsp3) is 0.519. The Morgan fingerprint density at radius 2 is 1.58 bits per heavy atom. The number of rotatable bonds is 14. The Kier molecular flexibility index (Phi) is 10.2. The van der Waals surface area contributed by atoms with Crippen LogP contribution in [0.15, 0.2) is 46.2 Å². The number of fused-ring (bicyclic) bond motifs is 2. The van der Waals surface area contributed by atoms with E-state index in [9.17, 15) is 38.9 Å². The van der Waals surface area contributed by atoms with Crippen LogP contribution < -0.4 is 4.90 Å². The molecule has 0 bridgehead atoms. The van der Waals surface area contributed by atoms with Crippen molar-refractivity contribution in [3.05, 3.63) is 47.5 Å². The first-order valence-electron chi connectivity index (χ1n) is 13.9. The molecule has 4 N–H and O–H groups in total. The van der Waals surface area contributed by atoms with Crippen molar-refractivity contribution < 1.29 is 58.1 Å². The Balaban J connectivity index is 1.67. The smallest absolute Gasteiger partial charge is 0.294 e. The van der Waals surface area contributed by atoms with Crippen LogP contribution in [0, 0.1) is 0 Å². The molecule has 0 spiro atoms. The van der Waals surface area contributed by atoms with E-state index in [0.717, 1.165) is 29.0 Å². The fourth-order valence-corrected chi connectivity index (χ4v) is 8.30. The summed E-state index contributed by atoms with van der Waals surface area (Å²) in [6.07, 6.45) is 1.53. The molecule has 2 aliphatic heterocycles. The third-order valence-electron chi connectivity index (χ3n) is 8.67. The minimum atomic E-state index is -4.50. The van der Waals surface area contributed by atoms with E-state index in [1.165, 1.54) is 18.2 Å². The van der Waals surface area contributed by atoms with Crippen molar-refractivity contribution in [2.24, 2.45) is 0 Å². The molecule has 1 atom stereocenters. The molecular formula is C27H37N2O12S4+. The Morgan fingerprint density at radius 3 is 2.18 bits per heavy atom. The molecule has 0 saturated carbocycles. The quantitative estimate of drug-likeness (QED) is 0.0723. The van der Waals surface area contributed by atoms with Crippen LogP contribution >= 0.6 is 12.0 Å². The predicted octanol–water partition coefficient (Wildman–Crippen LogP) is 3.85. The van der Waals surface area contributed by atoms with Crippen LogP contribution in [0.1, 0.15) is 58.1 Å². The van der Waals surface area contributed by atoms with Gasteiger partial charge in [0.1, 0.15) is 5.75 Å². The van der Waals surface area contributed by atoms with Crippen molar-refractivity contribution in [2.45, 2.75) is 73.6 Å². The minimum absolute atomic E-state index is 0.00735. The van der Waals surface area contributed by atoms with Gasteiger partial charge in [0.25, 0.3) is 30.4 Å². The SMILES string of the molecule is CC1(C)C(CCCC2N(CCS(=O)(=O)O)c3ccc(S(=O)(=O)O)cc3C2(C)C)=[N+](CCS(=O)(=O)O)c2ccc(SOOO)cc21. The zero-order valence-corrected chi connectivity index (χ0v) is 28.3. The van der Waals surface area contributed by atoms with Gasteiger partial charge in [-0.15, -0.1) is 4.33 Å². The molecule has 0 saturated heterocycles. The number of benzene rings is 2. The largest absolute Gasteiger partial charge is 0.366 e. The molecule has 2 aliphatic rings. The van der Waals surface area contributed by atoms with E-state index in [0.29, 0.717) is 35.4 Å². The predicted molar refractivity (Wildman–Crippen MR) is 167 cm³/mol. The van der Waals surface area contributed by atoms with Crippen LogP contribution in [0.25, 0.3) is 0 Å². The highest BCUT2D eigenvalue weighted by atomic mass is 32.2. The lowest BCUT2D eigenvalue weighted by Crippen LogP contribution is -2.43. The topological polar surface area (TPSA) is 208 Å². The van der Waals surface area contributed by atoms with Gasteiger partial charge in [-0.1, -0.05) is 18.9 Å². The maximum Gasteiger partial charge on any atom is 0.294 e. The van der Waals surface area contributed by atoms with E-state index in [1.54, 1.807) is 12.1 Å². The van der Waals surface area contributed by atoms with Crippen molar-refractivity contribution in [2.75, 3.05) is 29.5 Å². The molecule has 45 heavy (non-hydrogen) atoms. The van der Waals surface area contributed by atoms with Gasteiger partial charge in [-0.3, -0.25) is 13.7 Å². The standard InChI is InChI=1S/C27H36N2O12S4/c1-26(2)20-16-18(42-41-40-30)8-10-22(20)28(12-14-43(31,32)33)24(26)6-5-7-25-27(3,4)21-17-19(45(37,38)39)9-11-23(21)29(25)13-15-44(34,35)36/h8-11,16-17,25H,5-7,12-15H2,1-4H3,(H3-,30,31,32,33,34,35,36,37,38,39)/p+1. The van der Waals surface area contributed by atoms with E-state index < -0.39 is 52.7 Å². The van der Waals surface area contributed by atoms with E-state index in [2.05, 4.69) is 9.37 Å². The number of hydrogen-bond acceptors (Lipinski definition) is 11.